The number of rotatable bonds is 6. The van der Waals surface area contributed by atoms with Crippen LogP contribution in [0.25, 0.3) is 0 Å². The van der Waals surface area contributed by atoms with Crippen LogP contribution in [0.4, 0.5) is 0 Å². The van der Waals surface area contributed by atoms with Crippen LogP contribution >= 0.6 is 0 Å². The van der Waals surface area contributed by atoms with Crippen LogP contribution in [-0.2, 0) is 6.54 Å². The van der Waals surface area contributed by atoms with E-state index in [9.17, 15) is 5.11 Å². The smallest absolute Gasteiger partial charge is 0.0669 e. The minimum Gasteiger partial charge on any atom is -0.392 e. The lowest BCUT2D eigenvalue weighted by atomic mass is 10.00. The van der Waals surface area contributed by atoms with Gasteiger partial charge < -0.3 is 5.11 Å². The highest BCUT2D eigenvalue weighted by molar-refractivity contribution is 5.14. The summed E-state index contributed by atoms with van der Waals surface area (Å²) in [5.74, 6) is 0.769. The van der Waals surface area contributed by atoms with Gasteiger partial charge in [-0.1, -0.05) is 56.0 Å². The topological polar surface area (TPSA) is 23.5 Å². The molecule has 18 heavy (non-hydrogen) atoms. The zero-order valence-electron chi connectivity index (χ0n) is 11.4. The summed E-state index contributed by atoms with van der Waals surface area (Å²) in [4.78, 5) is 2.22. The van der Waals surface area contributed by atoms with Gasteiger partial charge in [0.25, 0.3) is 0 Å². The van der Waals surface area contributed by atoms with E-state index in [1.165, 1.54) is 31.2 Å². The molecule has 1 N–H and O–H groups in total. The molecule has 1 unspecified atom stereocenters. The fraction of sp³-hybridized carbons (Fsp3) is 0.625. The Balaban J connectivity index is 1.71. The highest BCUT2D eigenvalue weighted by Gasteiger charge is 2.19. The van der Waals surface area contributed by atoms with E-state index in [4.69, 9.17) is 0 Å². The second-order valence-corrected chi connectivity index (χ2v) is 5.72. The fourth-order valence-corrected chi connectivity index (χ4v) is 3.02. The molecule has 1 aliphatic carbocycles. The normalized spacial score (nSPS) is 18.4. The van der Waals surface area contributed by atoms with Gasteiger partial charge in [0.1, 0.15) is 0 Å². The van der Waals surface area contributed by atoms with E-state index in [-0.39, 0.29) is 6.10 Å². The van der Waals surface area contributed by atoms with Crippen LogP contribution in [0, 0.1) is 5.92 Å². The van der Waals surface area contributed by atoms with Crippen molar-refractivity contribution in [1.29, 1.82) is 0 Å². The Labute approximate surface area is 111 Å². The van der Waals surface area contributed by atoms with Gasteiger partial charge in [-0.05, 0) is 24.9 Å². The second kappa shape index (κ2) is 6.91. The maximum Gasteiger partial charge on any atom is 0.0669 e. The second-order valence-electron chi connectivity index (χ2n) is 5.72. The van der Waals surface area contributed by atoms with Crippen molar-refractivity contribution in [3.05, 3.63) is 35.9 Å². The first-order valence-corrected chi connectivity index (χ1v) is 7.14. The van der Waals surface area contributed by atoms with Crippen molar-refractivity contribution in [2.24, 2.45) is 5.92 Å². The van der Waals surface area contributed by atoms with Gasteiger partial charge in [0.15, 0.2) is 0 Å². The first kappa shape index (κ1) is 13.6. The van der Waals surface area contributed by atoms with Crippen molar-refractivity contribution in [1.82, 2.24) is 4.90 Å². The van der Waals surface area contributed by atoms with Gasteiger partial charge in [-0.15, -0.1) is 0 Å². The highest BCUT2D eigenvalue weighted by atomic mass is 16.3. The molecule has 100 valence electrons. The van der Waals surface area contributed by atoms with Crippen molar-refractivity contribution >= 4 is 0 Å². The summed E-state index contributed by atoms with van der Waals surface area (Å²) < 4.78 is 0. The minimum atomic E-state index is -0.165. The standard InChI is InChI=1S/C16H25NO/c1-17(12-15-9-3-2-4-10-15)13-16(18)11-14-7-5-6-8-14/h2-4,9-10,14,16,18H,5-8,11-13H2,1H3. The molecular formula is C16H25NO. The minimum absolute atomic E-state index is 0.165. The molecular weight excluding hydrogens is 222 g/mol. The van der Waals surface area contributed by atoms with Crippen LogP contribution in [0.3, 0.4) is 0 Å². The maximum atomic E-state index is 10.1. The summed E-state index contributed by atoms with van der Waals surface area (Å²) >= 11 is 0. The number of hydrogen-bond donors (Lipinski definition) is 1. The molecule has 1 aliphatic rings. The Morgan fingerprint density at radius 2 is 1.89 bits per heavy atom. The Kier molecular flexibility index (Phi) is 5.21. The summed E-state index contributed by atoms with van der Waals surface area (Å²) in [5, 5.41) is 10.1. The molecule has 0 amide bonds. The van der Waals surface area contributed by atoms with E-state index < -0.39 is 0 Å². The Morgan fingerprint density at radius 1 is 1.22 bits per heavy atom. The molecule has 2 nitrogen and oxygen atoms in total. The predicted molar refractivity (Wildman–Crippen MR) is 75.4 cm³/mol. The summed E-state index contributed by atoms with van der Waals surface area (Å²) in [7, 11) is 2.09. The van der Waals surface area contributed by atoms with E-state index in [2.05, 4.69) is 36.2 Å². The summed E-state index contributed by atoms with van der Waals surface area (Å²) in [6.07, 6.45) is 6.17. The molecule has 0 aliphatic heterocycles. The predicted octanol–water partition coefficient (Wildman–Crippen LogP) is 3.06. The fourth-order valence-electron chi connectivity index (χ4n) is 3.02. The quantitative estimate of drug-likeness (QED) is 0.835. The van der Waals surface area contributed by atoms with E-state index in [1.807, 2.05) is 6.07 Å². The Bertz CT molecular complexity index is 332. The third-order valence-electron chi connectivity index (χ3n) is 3.90. The molecule has 0 radical (unpaired) electrons. The zero-order chi connectivity index (χ0) is 12.8. The SMILES string of the molecule is CN(Cc1ccccc1)CC(O)CC1CCCC1. The lowest BCUT2D eigenvalue weighted by molar-refractivity contribution is 0.0994. The van der Waals surface area contributed by atoms with E-state index in [0.717, 1.165) is 25.4 Å². The lowest BCUT2D eigenvalue weighted by Crippen LogP contribution is -2.30. The van der Waals surface area contributed by atoms with Crippen LogP contribution in [0.2, 0.25) is 0 Å². The van der Waals surface area contributed by atoms with Crippen molar-refractivity contribution in [2.75, 3.05) is 13.6 Å². The number of hydrogen-bond acceptors (Lipinski definition) is 2. The third-order valence-corrected chi connectivity index (χ3v) is 3.90. The monoisotopic (exact) mass is 247 g/mol. The highest BCUT2D eigenvalue weighted by Crippen LogP contribution is 2.28. The molecule has 1 atom stereocenters. The summed E-state index contributed by atoms with van der Waals surface area (Å²) in [6, 6.07) is 10.5. The molecule has 1 fully saturated rings. The number of likely N-dealkylation sites (N-methyl/N-ethyl adjacent to an activating group) is 1. The summed E-state index contributed by atoms with van der Waals surface area (Å²) in [6.45, 7) is 1.70. The number of aliphatic hydroxyl groups excluding tert-OH is 1. The van der Waals surface area contributed by atoms with Crippen molar-refractivity contribution in [3.63, 3.8) is 0 Å². The average molecular weight is 247 g/mol. The van der Waals surface area contributed by atoms with Gasteiger partial charge in [0, 0.05) is 13.1 Å². The average Bonchev–Trinajstić information content (AvgIpc) is 2.82. The third kappa shape index (κ3) is 4.43. The Hall–Kier alpha value is -0.860. The van der Waals surface area contributed by atoms with Gasteiger partial charge in [-0.3, -0.25) is 4.90 Å². The van der Waals surface area contributed by atoms with Crippen molar-refractivity contribution in [3.8, 4) is 0 Å². The van der Waals surface area contributed by atoms with Gasteiger partial charge in [-0.2, -0.15) is 0 Å². The van der Waals surface area contributed by atoms with Crippen molar-refractivity contribution < 1.29 is 5.11 Å². The van der Waals surface area contributed by atoms with Crippen LogP contribution in [0.1, 0.15) is 37.7 Å². The Morgan fingerprint density at radius 3 is 2.56 bits per heavy atom. The van der Waals surface area contributed by atoms with E-state index in [1.54, 1.807) is 0 Å². The molecule has 2 rings (SSSR count). The first-order valence-electron chi connectivity index (χ1n) is 7.14. The largest absolute Gasteiger partial charge is 0.392 e. The van der Waals surface area contributed by atoms with Gasteiger partial charge >= 0.3 is 0 Å². The molecule has 0 bridgehead atoms. The first-order chi connectivity index (χ1) is 8.74. The van der Waals surface area contributed by atoms with E-state index in [0.29, 0.717) is 0 Å². The van der Waals surface area contributed by atoms with Crippen LogP contribution < -0.4 is 0 Å². The van der Waals surface area contributed by atoms with Gasteiger partial charge in [0.2, 0.25) is 0 Å². The molecule has 0 saturated heterocycles. The summed E-state index contributed by atoms with van der Waals surface area (Å²) in [5.41, 5.74) is 1.31. The van der Waals surface area contributed by atoms with E-state index >= 15 is 0 Å². The molecule has 1 aromatic carbocycles. The molecule has 0 spiro atoms. The number of aliphatic hydroxyl groups is 1. The molecule has 0 heterocycles. The van der Waals surface area contributed by atoms with Gasteiger partial charge in [0.05, 0.1) is 6.10 Å². The maximum absolute atomic E-state index is 10.1. The zero-order valence-corrected chi connectivity index (χ0v) is 11.4. The number of benzene rings is 1. The van der Waals surface area contributed by atoms with Gasteiger partial charge in [-0.25, -0.2) is 0 Å². The molecule has 1 saturated carbocycles. The van der Waals surface area contributed by atoms with Crippen molar-refractivity contribution in [2.45, 2.75) is 44.8 Å². The van der Waals surface area contributed by atoms with Crippen LogP contribution in [0.5, 0.6) is 0 Å². The van der Waals surface area contributed by atoms with Crippen LogP contribution in [-0.4, -0.2) is 29.7 Å². The molecule has 0 aromatic heterocycles. The van der Waals surface area contributed by atoms with Crippen LogP contribution in [0.15, 0.2) is 30.3 Å². The lowest BCUT2D eigenvalue weighted by Gasteiger charge is -2.22. The molecule has 2 heteroatoms. The molecule has 1 aromatic rings. The number of nitrogens with zero attached hydrogens (tertiary/aromatic N) is 1.